The maximum absolute atomic E-state index is 11.6. The summed E-state index contributed by atoms with van der Waals surface area (Å²) in [6.45, 7) is -0.548. The van der Waals surface area contributed by atoms with Crippen LogP contribution in [0.1, 0.15) is 0 Å². The third-order valence-corrected chi connectivity index (χ3v) is 3.65. The van der Waals surface area contributed by atoms with Crippen molar-refractivity contribution in [1.82, 2.24) is 19.6 Å². The number of piperazine rings is 2. The highest BCUT2D eigenvalue weighted by Crippen LogP contribution is 2.07. The molecule has 0 aromatic heterocycles. The lowest BCUT2D eigenvalue weighted by Gasteiger charge is -2.35. The van der Waals surface area contributed by atoms with E-state index in [1.54, 1.807) is 9.80 Å². The largest absolute Gasteiger partial charge is 0.376 e. The average Bonchev–Trinajstić information content (AvgIpc) is 2.44. The second-order valence-electron chi connectivity index (χ2n) is 5.14. The van der Waals surface area contributed by atoms with Crippen LogP contribution in [0.25, 0.3) is 0 Å². The van der Waals surface area contributed by atoms with Gasteiger partial charge in [-0.3, -0.25) is 38.8 Å². The molecule has 2 heterocycles. The number of rotatable bonds is 5. The summed E-state index contributed by atoms with van der Waals surface area (Å²) >= 11 is 0. The SMILES string of the molecule is O=C1CN(CCN2CC(=O)N(CO)C(=O)C2)CC(=O)N1CO. The molecule has 10 nitrogen and oxygen atoms in total. The number of amides is 4. The highest BCUT2D eigenvalue weighted by molar-refractivity contribution is 6.00. The van der Waals surface area contributed by atoms with Gasteiger partial charge in [0.05, 0.1) is 26.2 Å². The summed E-state index contributed by atoms with van der Waals surface area (Å²) in [5.41, 5.74) is 0. The minimum Gasteiger partial charge on any atom is -0.376 e. The Kier molecular flexibility index (Phi) is 5.19. The first kappa shape index (κ1) is 16.5. The van der Waals surface area contributed by atoms with Crippen LogP contribution in [0.3, 0.4) is 0 Å². The first-order chi connectivity index (χ1) is 10.5. The van der Waals surface area contributed by atoms with Crippen molar-refractivity contribution in [2.45, 2.75) is 0 Å². The molecule has 22 heavy (non-hydrogen) atoms. The second kappa shape index (κ2) is 6.92. The van der Waals surface area contributed by atoms with Crippen molar-refractivity contribution in [2.24, 2.45) is 0 Å². The maximum atomic E-state index is 11.6. The normalized spacial score (nSPS) is 21.9. The molecule has 2 aliphatic rings. The van der Waals surface area contributed by atoms with Gasteiger partial charge < -0.3 is 10.2 Å². The third-order valence-electron chi connectivity index (χ3n) is 3.65. The second-order valence-corrected chi connectivity index (χ2v) is 5.14. The Labute approximate surface area is 126 Å². The monoisotopic (exact) mass is 314 g/mol. The molecule has 0 radical (unpaired) electrons. The Hall–Kier alpha value is -1.88. The number of aliphatic hydroxyl groups excluding tert-OH is 2. The standard InChI is InChI=1S/C12H18N4O6/c17-7-15-9(19)3-13(4-10(15)20)1-2-14-5-11(21)16(8-18)12(22)6-14/h17-18H,1-8H2. The van der Waals surface area contributed by atoms with Crippen LogP contribution in [-0.4, -0.2) is 106 Å². The van der Waals surface area contributed by atoms with Crippen molar-refractivity contribution in [3.63, 3.8) is 0 Å². The molecule has 2 N–H and O–H groups in total. The molecular weight excluding hydrogens is 296 g/mol. The van der Waals surface area contributed by atoms with Crippen molar-refractivity contribution in [2.75, 3.05) is 52.7 Å². The molecule has 2 rings (SSSR count). The van der Waals surface area contributed by atoms with Crippen LogP contribution < -0.4 is 0 Å². The molecule has 0 bridgehead atoms. The molecule has 0 aliphatic carbocycles. The number of carbonyl (C=O) groups is 4. The molecule has 122 valence electrons. The molecule has 2 aliphatic heterocycles. The van der Waals surface area contributed by atoms with Gasteiger partial charge in [0.15, 0.2) is 0 Å². The number of hydrogen-bond donors (Lipinski definition) is 2. The van der Waals surface area contributed by atoms with Crippen LogP contribution in [0.15, 0.2) is 0 Å². The van der Waals surface area contributed by atoms with Gasteiger partial charge in [0, 0.05) is 13.1 Å². The number of aliphatic hydroxyl groups is 2. The number of hydrogen-bond acceptors (Lipinski definition) is 8. The molecule has 0 aromatic rings. The first-order valence-corrected chi connectivity index (χ1v) is 6.79. The zero-order chi connectivity index (χ0) is 16.3. The van der Waals surface area contributed by atoms with E-state index in [-0.39, 0.29) is 26.2 Å². The van der Waals surface area contributed by atoms with Crippen LogP contribution in [0.4, 0.5) is 0 Å². The summed E-state index contributed by atoms with van der Waals surface area (Å²) in [6.07, 6.45) is 0. The molecule has 10 heteroatoms. The number of imide groups is 2. The lowest BCUT2D eigenvalue weighted by atomic mass is 10.2. The van der Waals surface area contributed by atoms with E-state index >= 15 is 0 Å². The predicted octanol–water partition coefficient (Wildman–Crippen LogP) is -3.77. The van der Waals surface area contributed by atoms with Gasteiger partial charge >= 0.3 is 0 Å². The molecular formula is C12H18N4O6. The van der Waals surface area contributed by atoms with Gasteiger partial charge in [-0.25, -0.2) is 0 Å². The fourth-order valence-corrected chi connectivity index (χ4v) is 2.41. The Bertz CT molecular complexity index is 416. The zero-order valence-corrected chi connectivity index (χ0v) is 12.0. The van der Waals surface area contributed by atoms with Gasteiger partial charge in [0.2, 0.25) is 23.6 Å². The Morgan fingerprint density at radius 1 is 0.636 bits per heavy atom. The van der Waals surface area contributed by atoms with Gasteiger partial charge in [-0.2, -0.15) is 0 Å². The van der Waals surface area contributed by atoms with Crippen molar-refractivity contribution in [1.29, 1.82) is 0 Å². The van der Waals surface area contributed by atoms with Crippen molar-refractivity contribution >= 4 is 23.6 Å². The summed E-state index contributed by atoms with van der Waals surface area (Å²) in [5.74, 6) is -1.90. The summed E-state index contributed by atoms with van der Waals surface area (Å²) in [5, 5.41) is 17.8. The van der Waals surface area contributed by atoms with E-state index in [0.29, 0.717) is 13.1 Å². The minimum atomic E-state index is -0.627. The van der Waals surface area contributed by atoms with Crippen LogP contribution >= 0.6 is 0 Å². The molecule has 0 spiro atoms. The van der Waals surface area contributed by atoms with E-state index in [2.05, 4.69) is 0 Å². The Morgan fingerprint density at radius 2 is 0.909 bits per heavy atom. The summed E-state index contributed by atoms with van der Waals surface area (Å²) < 4.78 is 0. The Morgan fingerprint density at radius 3 is 1.14 bits per heavy atom. The topological polar surface area (TPSA) is 122 Å². The smallest absolute Gasteiger partial charge is 0.245 e. The van der Waals surface area contributed by atoms with Gasteiger partial charge in [-0.15, -0.1) is 0 Å². The van der Waals surface area contributed by atoms with Crippen molar-refractivity contribution in [3.05, 3.63) is 0 Å². The molecule has 0 unspecified atom stereocenters. The predicted molar refractivity (Wildman–Crippen MR) is 70.8 cm³/mol. The lowest BCUT2D eigenvalue weighted by Crippen LogP contribution is -2.57. The van der Waals surface area contributed by atoms with Crippen LogP contribution in [0.2, 0.25) is 0 Å². The summed E-state index contributed by atoms with van der Waals surface area (Å²) in [4.78, 5) is 51.3. The Balaban J connectivity index is 1.84. The zero-order valence-electron chi connectivity index (χ0n) is 12.0. The van der Waals surface area contributed by atoms with E-state index in [4.69, 9.17) is 10.2 Å². The van der Waals surface area contributed by atoms with Gasteiger partial charge in [-0.05, 0) is 0 Å². The highest BCUT2D eigenvalue weighted by Gasteiger charge is 2.33. The summed E-state index contributed by atoms with van der Waals surface area (Å²) in [6, 6.07) is 0. The van der Waals surface area contributed by atoms with E-state index in [9.17, 15) is 19.2 Å². The van der Waals surface area contributed by atoms with Crippen molar-refractivity contribution < 1.29 is 29.4 Å². The fourth-order valence-electron chi connectivity index (χ4n) is 2.41. The molecule has 0 atom stereocenters. The fraction of sp³-hybridized carbons (Fsp3) is 0.667. The van der Waals surface area contributed by atoms with Gasteiger partial charge in [0.1, 0.15) is 13.5 Å². The van der Waals surface area contributed by atoms with Crippen LogP contribution in [0, 0.1) is 0 Å². The average molecular weight is 314 g/mol. The first-order valence-electron chi connectivity index (χ1n) is 6.79. The molecule has 0 aromatic carbocycles. The number of nitrogens with zero attached hydrogens (tertiary/aromatic N) is 4. The molecule has 0 saturated carbocycles. The quantitative estimate of drug-likeness (QED) is 0.496. The maximum Gasteiger partial charge on any atom is 0.245 e. The van der Waals surface area contributed by atoms with Gasteiger partial charge in [0.25, 0.3) is 0 Å². The summed E-state index contributed by atoms with van der Waals surface area (Å²) in [7, 11) is 0. The van der Waals surface area contributed by atoms with E-state index < -0.39 is 37.1 Å². The van der Waals surface area contributed by atoms with Crippen LogP contribution in [0.5, 0.6) is 0 Å². The number of carbonyl (C=O) groups excluding carboxylic acids is 4. The molecule has 2 fully saturated rings. The van der Waals surface area contributed by atoms with Crippen LogP contribution in [-0.2, 0) is 19.2 Å². The van der Waals surface area contributed by atoms with E-state index in [0.717, 1.165) is 9.80 Å². The van der Waals surface area contributed by atoms with Crippen molar-refractivity contribution in [3.8, 4) is 0 Å². The molecule has 4 amide bonds. The third kappa shape index (κ3) is 3.47. The molecule has 2 saturated heterocycles. The lowest BCUT2D eigenvalue weighted by molar-refractivity contribution is -0.159. The minimum absolute atomic E-state index is 0.00476. The van der Waals surface area contributed by atoms with E-state index in [1.807, 2.05) is 0 Å². The highest BCUT2D eigenvalue weighted by atomic mass is 16.3. The van der Waals surface area contributed by atoms with E-state index in [1.165, 1.54) is 0 Å². The van der Waals surface area contributed by atoms with Gasteiger partial charge in [-0.1, -0.05) is 0 Å².